The molecule has 1 atom stereocenters. The fraction of sp³-hybridized carbons (Fsp3) is 0.286. The molecule has 0 saturated carbocycles. The van der Waals surface area contributed by atoms with Crippen LogP contribution in [-0.4, -0.2) is 39.4 Å². The normalized spacial score (nSPS) is 21.0. The number of benzene rings is 1. The van der Waals surface area contributed by atoms with Crippen LogP contribution in [0.2, 0.25) is 0 Å². The van der Waals surface area contributed by atoms with E-state index in [4.69, 9.17) is 4.74 Å². The third-order valence-electron chi connectivity index (χ3n) is 5.47. The zero-order valence-corrected chi connectivity index (χ0v) is 16.2. The van der Waals surface area contributed by atoms with Gasteiger partial charge in [0.1, 0.15) is 4.88 Å². The van der Waals surface area contributed by atoms with Crippen molar-refractivity contribution >= 4 is 23.2 Å². The number of fused-ring (bicyclic) bond motifs is 2. The number of nitrogens with zero attached hydrogens (tertiary/aromatic N) is 3. The highest BCUT2D eigenvalue weighted by molar-refractivity contribution is 7.16. The second-order valence-electron chi connectivity index (χ2n) is 7.26. The molecule has 6 nitrogen and oxygen atoms in total. The van der Waals surface area contributed by atoms with Gasteiger partial charge in [0.25, 0.3) is 5.91 Å². The van der Waals surface area contributed by atoms with Crippen molar-refractivity contribution in [1.82, 2.24) is 14.5 Å². The van der Waals surface area contributed by atoms with Crippen LogP contribution in [0.15, 0.2) is 48.8 Å². The summed E-state index contributed by atoms with van der Waals surface area (Å²) in [6, 6.07) is 11.4. The van der Waals surface area contributed by atoms with Crippen LogP contribution in [-0.2, 0) is 10.3 Å². The van der Waals surface area contributed by atoms with E-state index in [9.17, 15) is 9.59 Å². The van der Waals surface area contributed by atoms with Crippen LogP contribution in [0.1, 0.15) is 44.1 Å². The van der Waals surface area contributed by atoms with E-state index in [1.165, 1.54) is 11.3 Å². The molecular formula is C21H19N3O3S. The van der Waals surface area contributed by atoms with Crippen molar-refractivity contribution in [3.63, 3.8) is 0 Å². The number of esters is 1. The molecule has 0 bridgehead atoms. The van der Waals surface area contributed by atoms with Gasteiger partial charge in [-0.25, -0.2) is 9.78 Å². The molecule has 7 heteroatoms. The van der Waals surface area contributed by atoms with Gasteiger partial charge in [-0.1, -0.05) is 29.5 Å². The first-order chi connectivity index (χ1) is 13.6. The van der Waals surface area contributed by atoms with E-state index in [1.54, 1.807) is 11.0 Å². The molecular weight excluding hydrogens is 374 g/mol. The number of amides is 1. The summed E-state index contributed by atoms with van der Waals surface area (Å²) in [5.74, 6) is -0.346. The van der Waals surface area contributed by atoms with Crippen LogP contribution in [0.25, 0.3) is 5.13 Å². The number of ether oxygens (including phenoxy) is 1. The summed E-state index contributed by atoms with van der Waals surface area (Å²) in [7, 11) is 0. The number of hydrogen-bond acceptors (Lipinski definition) is 5. The van der Waals surface area contributed by atoms with E-state index in [2.05, 4.69) is 4.98 Å². The minimum Gasteiger partial charge on any atom is -0.449 e. The molecule has 2 aromatic heterocycles. The number of piperidine rings is 1. The number of carbonyl (C=O) groups excluding carboxylic acids is 2. The number of carbonyl (C=O) groups is 2. The van der Waals surface area contributed by atoms with Gasteiger partial charge in [0.2, 0.25) is 0 Å². The molecule has 2 aliphatic heterocycles. The Hall–Kier alpha value is -2.93. The molecule has 1 saturated heterocycles. The SMILES string of the molecule is Cc1nc(-n2cccc2)sc1C(=O)N1CCCC2(C1)OC(=O)c1ccccc12. The van der Waals surface area contributed by atoms with Gasteiger partial charge in [-0.05, 0) is 38.0 Å². The number of likely N-dealkylation sites (tertiary alicyclic amines) is 1. The molecule has 2 aliphatic rings. The third-order valence-corrected chi connectivity index (χ3v) is 6.63. The van der Waals surface area contributed by atoms with Crippen molar-refractivity contribution in [2.75, 3.05) is 13.1 Å². The Kier molecular flexibility index (Phi) is 3.87. The molecule has 28 heavy (non-hydrogen) atoms. The summed E-state index contributed by atoms with van der Waals surface area (Å²) in [4.78, 5) is 32.6. The molecule has 4 heterocycles. The van der Waals surface area contributed by atoms with E-state index in [0.717, 1.165) is 29.2 Å². The van der Waals surface area contributed by atoms with Crippen LogP contribution in [0.4, 0.5) is 0 Å². The van der Waals surface area contributed by atoms with Gasteiger partial charge < -0.3 is 14.2 Å². The fourth-order valence-corrected chi connectivity index (χ4v) is 5.14. The first-order valence-electron chi connectivity index (χ1n) is 9.30. The Morgan fingerprint density at radius 1 is 1.21 bits per heavy atom. The van der Waals surface area contributed by atoms with Gasteiger partial charge in [0, 0.05) is 24.5 Å². The molecule has 1 spiro atoms. The molecule has 1 aromatic carbocycles. The lowest BCUT2D eigenvalue weighted by Gasteiger charge is -2.39. The van der Waals surface area contributed by atoms with Crippen LogP contribution < -0.4 is 0 Å². The number of thiazole rings is 1. The predicted molar refractivity (Wildman–Crippen MR) is 105 cm³/mol. The Morgan fingerprint density at radius 2 is 2.00 bits per heavy atom. The molecule has 1 unspecified atom stereocenters. The minimum atomic E-state index is -0.733. The molecule has 142 valence electrons. The molecule has 0 radical (unpaired) electrons. The van der Waals surface area contributed by atoms with E-state index in [-0.39, 0.29) is 11.9 Å². The first-order valence-corrected chi connectivity index (χ1v) is 10.1. The highest BCUT2D eigenvalue weighted by Crippen LogP contribution is 2.43. The summed E-state index contributed by atoms with van der Waals surface area (Å²) in [6.07, 6.45) is 5.35. The zero-order chi connectivity index (χ0) is 19.3. The summed E-state index contributed by atoms with van der Waals surface area (Å²) in [6.45, 7) is 2.89. The highest BCUT2D eigenvalue weighted by Gasteiger charge is 2.49. The van der Waals surface area contributed by atoms with Crippen molar-refractivity contribution in [1.29, 1.82) is 0 Å². The summed E-state index contributed by atoms with van der Waals surface area (Å²) in [5.41, 5.74) is 1.50. The van der Waals surface area contributed by atoms with Crippen molar-refractivity contribution < 1.29 is 14.3 Å². The fourth-order valence-electron chi connectivity index (χ4n) is 4.14. The van der Waals surface area contributed by atoms with Crippen molar-refractivity contribution in [3.8, 4) is 5.13 Å². The average Bonchev–Trinajstić information content (AvgIpc) is 3.42. The maximum atomic E-state index is 13.3. The van der Waals surface area contributed by atoms with Crippen LogP contribution in [0, 0.1) is 6.92 Å². The number of aromatic nitrogens is 2. The molecule has 5 rings (SSSR count). The summed E-state index contributed by atoms with van der Waals surface area (Å²) < 4.78 is 7.73. The van der Waals surface area contributed by atoms with E-state index in [0.29, 0.717) is 23.5 Å². The zero-order valence-electron chi connectivity index (χ0n) is 15.4. The largest absolute Gasteiger partial charge is 0.449 e. The van der Waals surface area contributed by atoms with Crippen LogP contribution in [0.3, 0.4) is 0 Å². The Balaban J connectivity index is 1.45. The number of hydrogen-bond donors (Lipinski definition) is 0. The second-order valence-corrected chi connectivity index (χ2v) is 8.24. The third kappa shape index (κ3) is 2.57. The maximum Gasteiger partial charge on any atom is 0.339 e. The lowest BCUT2D eigenvalue weighted by atomic mass is 9.85. The van der Waals surface area contributed by atoms with Gasteiger partial charge in [-0.2, -0.15) is 0 Å². The topological polar surface area (TPSA) is 64.4 Å². The minimum absolute atomic E-state index is 0.0482. The smallest absolute Gasteiger partial charge is 0.339 e. The molecule has 0 N–H and O–H groups in total. The maximum absolute atomic E-state index is 13.3. The highest BCUT2D eigenvalue weighted by atomic mass is 32.1. The summed E-state index contributed by atoms with van der Waals surface area (Å²) >= 11 is 1.39. The van der Waals surface area contributed by atoms with Gasteiger partial charge >= 0.3 is 5.97 Å². The molecule has 0 aliphatic carbocycles. The van der Waals surface area contributed by atoms with Gasteiger partial charge in [-0.3, -0.25) is 4.79 Å². The van der Waals surface area contributed by atoms with E-state index in [1.807, 2.05) is 54.2 Å². The van der Waals surface area contributed by atoms with E-state index < -0.39 is 5.60 Å². The monoisotopic (exact) mass is 393 g/mol. The number of aryl methyl sites for hydroxylation is 1. The van der Waals surface area contributed by atoms with Crippen LogP contribution in [0.5, 0.6) is 0 Å². The van der Waals surface area contributed by atoms with Gasteiger partial charge in [-0.15, -0.1) is 0 Å². The Bertz CT molecular complexity index is 1070. The standard InChI is InChI=1S/C21H19N3O3S/c1-14-17(28-20(22-14)23-10-4-5-11-23)18(25)24-12-6-9-21(13-24)16-8-3-2-7-15(16)19(26)27-21/h2-5,7-8,10-11H,6,9,12-13H2,1H3. The second kappa shape index (κ2) is 6.31. The lowest BCUT2D eigenvalue weighted by molar-refractivity contribution is -0.0441. The average molecular weight is 393 g/mol. The lowest BCUT2D eigenvalue weighted by Crippen LogP contribution is -2.48. The van der Waals surface area contributed by atoms with Crippen molar-refractivity contribution in [3.05, 3.63) is 70.5 Å². The van der Waals surface area contributed by atoms with Crippen LogP contribution >= 0.6 is 11.3 Å². The number of rotatable bonds is 2. The predicted octanol–water partition coefficient (Wildman–Crippen LogP) is 3.54. The Morgan fingerprint density at radius 3 is 2.82 bits per heavy atom. The molecule has 1 fully saturated rings. The van der Waals surface area contributed by atoms with Crippen molar-refractivity contribution in [2.24, 2.45) is 0 Å². The summed E-state index contributed by atoms with van der Waals surface area (Å²) in [5, 5.41) is 0.773. The van der Waals surface area contributed by atoms with Gasteiger partial charge in [0.15, 0.2) is 10.7 Å². The first kappa shape index (κ1) is 17.2. The Labute approximate surface area is 166 Å². The molecule has 1 amide bonds. The quantitative estimate of drug-likeness (QED) is 0.625. The van der Waals surface area contributed by atoms with E-state index >= 15 is 0 Å². The van der Waals surface area contributed by atoms with Gasteiger partial charge in [0.05, 0.1) is 17.8 Å². The van der Waals surface area contributed by atoms with Crippen molar-refractivity contribution in [2.45, 2.75) is 25.4 Å². The molecule has 3 aromatic rings.